The van der Waals surface area contributed by atoms with E-state index in [1.165, 1.54) is 0 Å². The van der Waals surface area contributed by atoms with Crippen molar-refractivity contribution in [1.82, 2.24) is 4.90 Å². The van der Waals surface area contributed by atoms with Crippen LogP contribution in [0.3, 0.4) is 0 Å². The van der Waals surface area contributed by atoms with E-state index in [-0.39, 0.29) is 5.91 Å². The Hall–Kier alpha value is -1.81. The lowest BCUT2D eigenvalue weighted by Gasteiger charge is -2.34. The molecule has 23 heavy (non-hydrogen) atoms. The molecule has 1 rings (SSSR count). The Morgan fingerprint density at radius 1 is 1.17 bits per heavy atom. The molecule has 0 heterocycles. The molecule has 0 radical (unpaired) electrons. The third kappa shape index (κ3) is 4.83. The number of carbonyl (C=O) groups excluding carboxylic acids is 1. The minimum absolute atomic E-state index is 0.0511. The largest absolute Gasteiger partial charge is 0.532 e. The molecule has 0 bridgehead atoms. The van der Waals surface area contributed by atoms with Crippen LogP contribution in [0.15, 0.2) is 54.9 Å². The average Bonchev–Trinajstić information content (AvgIpc) is 2.62. The predicted molar refractivity (Wildman–Crippen MR) is 99.7 cm³/mol. The molecule has 4 heteroatoms. The number of amides is 1. The van der Waals surface area contributed by atoms with E-state index in [0.717, 1.165) is 18.1 Å². The van der Waals surface area contributed by atoms with Crippen LogP contribution >= 0.6 is 0 Å². The Kier molecular flexibility index (Phi) is 7.82. The van der Waals surface area contributed by atoms with Gasteiger partial charge in [-0.2, -0.15) is 0 Å². The fourth-order valence-corrected chi connectivity index (χ4v) is 5.20. The predicted octanol–water partition coefficient (Wildman–Crippen LogP) is 5.20. The van der Waals surface area contributed by atoms with Crippen LogP contribution in [0.4, 0.5) is 0 Å². The average molecular weight is 332 g/mol. The molecule has 1 amide bonds. The Bertz CT molecular complexity index is 527. The van der Waals surface area contributed by atoms with Crippen molar-refractivity contribution in [2.45, 2.75) is 45.8 Å². The van der Waals surface area contributed by atoms with Crippen molar-refractivity contribution in [2.75, 3.05) is 6.54 Å². The van der Waals surface area contributed by atoms with E-state index >= 15 is 0 Å². The number of rotatable bonds is 9. The third-order valence-corrected chi connectivity index (χ3v) is 8.85. The van der Waals surface area contributed by atoms with Crippen LogP contribution < -0.4 is 0 Å². The summed E-state index contributed by atoms with van der Waals surface area (Å²) in [6, 6.07) is 12.4. The first-order valence-electron chi connectivity index (χ1n) is 8.40. The van der Waals surface area contributed by atoms with Gasteiger partial charge in [0.1, 0.15) is 0 Å². The molecule has 0 atom stereocenters. The molecule has 0 aliphatic carbocycles. The van der Waals surface area contributed by atoms with Crippen LogP contribution in [-0.4, -0.2) is 25.7 Å². The lowest BCUT2D eigenvalue weighted by atomic mass is 10.2. The molecule has 0 fully saturated rings. The van der Waals surface area contributed by atoms with Crippen LogP contribution in [0.25, 0.3) is 0 Å². The van der Waals surface area contributed by atoms with Crippen molar-refractivity contribution >= 4 is 14.2 Å². The zero-order valence-corrected chi connectivity index (χ0v) is 15.8. The van der Waals surface area contributed by atoms with Crippen molar-refractivity contribution in [3.8, 4) is 0 Å². The first-order valence-corrected chi connectivity index (χ1v) is 10.9. The highest BCUT2D eigenvalue weighted by atomic mass is 28.4. The lowest BCUT2D eigenvalue weighted by Crippen LogP contribution is -2.41. The van der Waals surface area contributed by atoms with E-state index in [4.69, 9.17) is 4.43 Å². The highest BCUT2D eigenvalue weighted by Crippen LogP contribution is 2.27. The molecule has 3 nitrogen and oxygen atoms in total. The van der Waals surface area contributed by atoms with Gasteiger partial charge in [0, 0.05) is 12.1 Å². The molecule has 0 saturated carbocycles. The molecule has 0 aliphatic heterocycles. The molecular formula is C19H29NO2Si. The zero-order valence-electron chi connectivity index (χ0n) is 14.8. The van der Waals surface area contributed by atoms with Gasteiger partial charge >= 0.3 is 0 Å². The lowest BCUT2D eigenvalue weighted by molar-refractivity contribution is 0.0754. The fraction of sp³-hybridized carbons (Fsp3) is 0.421. The van der Waals surface area contributed by atoms with Crippen LogP contribution in [0.2, 0.25) is 18.1 Å². The highest BCUT2D eigenvalue weighted by Gasteiger charge is 2.33. The number of benzene rings is 1. The minimum atomic E-state index is -1.84. The summed E-state index contributed by atoms with van der Waals surface area (Å²) in [5, 5.41) is 0. The fourth-order valence-electron chi connectivity index (χ4n) is 2.60. The summed E-state index contributed by atoms with van der Waals surface area (Å²) in [5.41, 5.74) is 0.661. The molecule has 1 aromatic rings. The van der Waals surface area contributed by atoms with E-state index in [1.807, 2.05) is 43.3 Å². The minimum Gasteiger partial charge on any atom is -0.532 e. The monoisotopic (exact) mass is 331 g/mol. The summed E-state index contributed by atoms with van der Waals surface area (Å²) >= 11 is 0. The van der Waals surface area contributed by atoms with Gasteiger partial charge < -0.3 is 4.43 Å². The molecule has 0 aromatic heterocycles. The van der Waals surface area contributed by atoms with Crippen molar-refractivity contribution in [3.63, 3.8) is 0 Å². The van der Waals surface area contributed by atoms with Gasteiger partial charge in [-0.25, -0.2) is 0 Å². The van der Waals surface area contributed by atoms with Crippen molar-refractivity contribution < 1.29 is 9.22 Å². The van der Waals surface area contributed by atoms with E-state index in [1.54, 1.807) is 11.0 Å². The molecule has 0 N–H and O–H groups in total. The van der Waals surface area contributed by atoms with Crippen LogP contribution in [0.5, 0.6) is 0 Å². The molecule has 126 valence electrons. The van der Waals surface area contributed by atoms with Crippen molar-refractivity contribution in [3.05, 3.63) is 60.5 Å². The first-order chi connectivity index (χ1) is 11.1. The topological polar surface area (TPSA) is 29.5 Å². The maximum atomic E-state index is 12.9. The number of carbonyl (C=O) groups is 1. The van der Waals surface area contributed by atoms with Crippen LogP contribution in [0.1, 0.15) is 38.1 Å². The summed E-state index contributed by atoms with van der Waals surface area (Å²) in [4.78, 5) is 14.5. The van der Waals surface area contributed by atoms with Gasteiger partial charge in [0.15, 0.2) is 5.88 Å². The molecule has 0 spiro atoms. The Balaban J connectivity index is 3.11. The quantitative estimate of drug-likeness (QED) is 0.354. The van der Waals surface area contributed by atoms with Gasteiger partial charge in [0.25, 0.3) is 14.2 Å². The summed E-state index contributed by atoms with van der Waals surface area (Å²) in [5.74, 6) is 0.612. The molecule has 1 aromatic carbocycles. The second-order valence-corrected chi connectivity index (χ2v) is 10.2. The maximum absolute atomic E-state index is 12.9. The summed E-state index contributed by atoms with van der Waals surface area (Å²) in [6.45, 7) is 12.7. The number of hydrogen-bond acceptors (Lipinski definition) is 2. The summed E-state index contributed by atoms with van der Waals surface area (Å²) in [7, 11) is -1.84. The molecule has 0 aliphatic rings. The number of nitrogens with zero attached hydrogens (tertiary/aromatic N) is 1. The second kappa shape index (κ2) is 9.35. The normalized spacial score (nSPS) is 11.9. The maximum Gasteiger partial charge on any atom is 0.260 e. The Morgan fingerprint density at radius 3 is 2.17 bits per heavy atom. The van der Waals surface area contributed by atoms with E-state index in [0.29, 0.717) is 18.0 Å². The highest BCUT2D eigenvalue weighted by molar-refractivity contribution is 6.73. The smallest absolute Gasteiger partial charge is 0.260 e. The summed E-state index contributed by atoms with van der Waals surface area (Å²) < 4.78 is 6.45. The Morgan fingerprint density at radius 2 is 1.74 bits per heavy atom. The second-order valence-electron chi connectivity index (χ2n) is 5.54. The molecular weight excluding hydrogens is 302 g/mol. The molecule has 0 saturated heterocycles. The first kappa shape index (κ1) is 19.2. The van der Waals surface area contributed by atoms with Crippen molar-refractivity contribution in [1.29, 1.82) is 0 Å². The zero-order chi connectivity index (χ0) is 17.3. The van der Waals surface area contributed by atoms with Gasteiger partial charge in [-0.15, -0.1) is 6.58 Å². The third-order valence-electron chi connectivity index (χ3n) is 4.34. The van der Waals surface area contributed by atoms with Gasteiger partial charge in [-0.1, -0.05) is 45.0 Å². The number of hydrogen-bond donors (Lipinski definition) is 0. The van der Waals surface area contributed by atoms with Gasteiger partial charge in [0.05, 0.1) is 0 Å². The number of allylic oxidation sites excluding steroid dienone is 1. The van der Waals surface area contributed by atoms with Crippen LogP contribution in [-0.2, 0) is 4.43 Å². The Labute approximate surface area is 141 Å². The molecule has 0 unspecified atom stereocenters. The SMILES string of the molecule is C=CCN(C(=O)c1ccccc1)/C(=C/C)O[Si](CC)(CC)CC. The van der Waals surface area contributed by atoms with Crippen molar-refractivity contribution in [2.24, 2.45) is 0 Å². The van der Waals surface area contributed by atoms with E-state index < -0.39 is 8.32 Å². The summed E-state index contributed by atoms with van der Waals surface area (Å²) in [6.07, 6.45) is 3.63. The van der Waals surface area contributed by atoms with E-state index in [2.05, 4.69) is 27.4 Å². The van der Waals surface area contributed by atoms with Gasteiger partial charge in [-0.3, -0.25) is 9.69 Å². The van der Waals surface area contributed by atoms with E-state index in [9.17, 15) is 4.79 Å². The van der Waals surface area contributed by atoms with Crippen LogP contribution in [0, 0.1) is 0 Å². The van der Waals surface area contributed by atoms with Gasteiger partial charge in [-0.05, 0) is 43.3 Å². The standard InChI is InChI=1S/C19H29NO2Si/c1-6-16-20(19(21)17-14-12-11-13-15-17)18(7-2)22-23(8-3,9-4)10-5/h6-7,11-15H,1,8-10,16H2,2-5H3/b18-7-. The van der Waals surface area contributed by atoms with Gasteiger partial charge in [0.2, 0.25) is 0 Å².